The topological polar surface area (TPSA) is 22.1 Å². The van der Waals surface area contributed by atoms with Crippen LogP contribution in [-0.2, 0) is 0 Å². The molecule has 0 saturated heterocycles. The van der Waals surface area contributed by atoms with Crippen LogP contribution < -0.4 is 4.74 Å². The van der Waals surface area contributed by atoms with Gasteiger partial charge in [0.15, 0.2) is 0 Å². The number of aryl methyl sites for hydroxylation is 1. The lowest BCUT2D eigenvalue weighted by atomic mass is 10.2. The molecule has 0 unspecified atom stereocenters. The Morgan fingerprint density at radius 3 is 2.73 bits per heavy atom. The highest BCUT2D eigenvalue weighted by molar-refractivity contribution is 9.11. The lowest BCUT2D eigenvalue weighted by Crippen LogP contribution is -1.99. The third kappa shape index (κ3) is 2.93. The molecule has 0 aromatic carbocycles. The fourth-order valence-electron chi connectivity index (χ4n) is 1.33. The van der Waals surface area contributed by atoms with Crippen LogP contribution in [0.2, 0.25) is 0 Å². The zero-order chi connectivity index (χ0) is 10.7. The number of allylic oxidation sites excluding steroid dienone is 4. The molecular weight excluding hydrogens is 254 g/mol. The zero-order valence-electron chi connectivity index (χ0n) is 8.53. The molecule has 2 nitrogen and oxygen atoms in total. The van der Waals surface area contributed by atoms with Crippen molar-refractivity contribution in [3.63, 3.8) is 0 Å². The van der Waals surface area contributed by atoms with Gasteiger partial charge in [-0.25, -0.2) is 4.98 Å². The molecule has 1 heterocycles. The predicted molar refractivity (Wildman–Crippen MR) is 63.9 cm³/mol. The SMILES string of the molecule is Cc1ccc(OC2=CC=C(Br)CC2)nc1. The van der Waals surface area contributed by atoms with E-state index in [4.69, 9.17) is 4.74 Å². The Kier molecular flexibility index (Phi) is 3.21. The standard InChI is InChI=1S/C12H12BrNO/c1-9-2-7-12(14-8-9)15-11-5-3-10(13)4-6-11/h2-3,5,7-8H,4,6H2,1H3. The van der Waals surface area contributed by atoms with Crippen molar-refractivity contribution < 1.29 is 4.74 Å². The molecule has 0 spiro atoms. The van der Waals surface area contributed by atoms with Crippen LogP contribution >= 0.6 is 15.9 Å². The molecule has 0 bridgehead atoms. The Morgan fingerprint density at radius 1 is 1.27 bits per heavy atom. The number of hydrogen-bond acceptors (Lipinski definition) is 2. The second-order valence-corrected chi connectivity index (χ2v) is 4.54. The Bertz CT molecular complexity index is 406. The van der Waals surface area contributed by atoms with E-state index in [2.05, 4.69) is 20.9 Å². The van der Waals surface area contributed by atoms with E-state index in [0.29, 0.717) is 5.88 Å². The van der Waals surface area contributed by atoms with E-state index in [9.17, 15) is 0 Å². The number of hydrogen-bond donors (Lipinski definition) is 0. The van der Waals surface area contributed by atoms with Gasteiger partial charge in [0.2, 0.25) is 5.88 Å². The maximum absolute atomic E-state index is 5.64. The van der Waals surface area contributed by atoms with Crippen molar-refractivity contribution >= 4 is 15.9 Å². The Hall–Kier alpha value is -1.09. The highest BCUT2D eigenvalue weighted by atomic mass is 79.9. The summed E-state index contributed by atoms with van der Waals surface area (Å²) in [5.74, 6) is 1.63. The fourth-order valence-corrected chi connectivity index (χ4v) is 1.66. The van der Waals surface area contributed by atoms with Gasteiger partial charge in [-0.1, -0.05) is 22.0 Å². The van der Waals surface area contributed by atoms with Crippen molar-refractivity contribution in [3.05, 3.63) is 46.3 Å². The summed E-state index contributed by atoms with van der Waals surface area (Å²) in [7, 11) is 0. The van der Waals surface area contributed by atoms with Crippen molar-refractivity contribution in [2.75, 3.05) is 0 Å². The maximum Gasteiger partial charge on any atom is 0.218 e. The second-order valence-electron chi connectivity index (χ2n) is 3.52. The second kappa shape index (κ2) is 4.62. The normalized spacial score (nSPS) is 15.6. The predicted octanol–water partition coefficient (Wildman–Crippen LogP) is 3.73. The van der Waals surface area contributed by atoms with E-state index in [-0.39, 0.29) is 0 Å². The van der Waals surface area contributed by atoms with Crippen molar-refractivity contribution in [2.24, 2.45) is 0 Å². The first-order chi connectivity index (χ1) is 7.24. The quantitative estimate of drug-likeness (QED) is 0.813. The molecule has 0 atom stereocenters. The van der Waals surface area contributed by atoms with Crippen molar-refractivity contribution in [2.45, 2.75) is 19.8 Å². The molecular formula is C12H12BrNO. The van der Waals surface area contributed by atoms with Crippen LogP contribution in [0, 0.1) is 6.92 Å². The van der Waals surface area contributed by atoms with Gasteiger partial charge in [0, 0.05) is 18.7 Å². The molecule has 1 aliphatic rings. The molecule has 0 radical (unpaired) electrons. The van der Waals surface area contributed by atoms with Gasteiger partial charge in [0.05, 0.1) is 0 Å². The number of rotatable bonds is 2. The van der Waals surface area contributed by atoms with Crippen molar-refractivity contribution in [1.29, 1.82) is 0 Å². The Morgan fingerprint density at radius 2 is 2.13 bits per heavy atom. The van der Waals surface area contributed by atoms with Crippen LogP contribution in [-0.4, -0.2) is 4.98 Å². The summed E-state index contributed by atoms with van der Waals surface area (Å²) in [4.78, 5) is 4.20. The summed E-state index contributed by atoms with van der Waals surface area (Å²) in [5, 5.41) is 0. The Labute approximate surface area is 97.8 Å². The highest BCUT2D eigenvalue weighted by Crippen LogP contribution is 2.24. The summed E-state index contributed by atoms with van der Waals surface area (Å²) in [6, 6.07) is 3.89. The van der Waals surface area contributed by atoms with E-state index < -0.39 is 0 Å². The first kappa shape index (κ1) is 10.4. The highest BCUT2D eigenvalue weighted by Gasteiger charge is 2.06. The number of halogens is 1. The van der Waals surface area contributed by atoms with Crippen molar-refractivity contribution in [1.82, 2.24) is 4.98 Å². The Balaban J connectivity index is 2.06. The summed E-state index contributed by atoms with van der Waals surface area (Å²) in [6.45, 7) is 2.01. The number of nitrogens with zero attached hydrogens (tertiary/aromatic N) is 1. The van der Waals surface area contributed by atoms with Gasteiger partial charge in [0.1, 0.15) is 5.76 Å². The van der Waals surface area contributed by atoms with E-state index in [1.165, 1.54) is 4.48 Å². The molecule has 0 fully saturated rings. The smallest absolute Gasteiger partial charge is 0.218 e. The van der Waals surface area contributed by atoms with Gasteiger partial charge >= 0.3 is 0 Å². The fraction of sp³-hybridized carbons (Fsp3) is 0.250. The first-order valence-corrected chi connectivity index (χ1v) is 5.69. The lowest BCUT2D eigenvalue weighted by Gasteiger charge is -2.11. The van der Waals surface area contributed by atoms with Gasteiger partial charge in [-0.05, 0) is 35.5 Å². The van der Waals surface area contributed by atoms with E-state index >= 15 is 0 Å². The molecule has 0 aliphatic heterocycles. The van der Waals surface area contributed by atoms with Gasteiger partial charge in [-0.2, -0.15) is 0 Å². The molecule has 78 valence electrons. The van der Waals surface area contributed by atoms with Crippen LogP contribution in [0.1, 0.15) is 18.4 Å². The summed E-state index contributed by atoms with van der Waals surface area (Å²) in [5.41, 5.74) is 1.14. The summed E-state index contributed by atoms with van der Waals surface area (Å²) in [6.07, 6.45) is 7.73. The van der Waals surface area contributed by atoms with E-state index in [0.717, 1.165) is 24.2 Å². The maximum atomic E-state index is 5.64. The molecule has 0 saturated carbocycles. The summed E-state index contributed by atoms with van der Waals surface area (Å²) >= 11 is 3.46. The minimum atomic E-state index is 0.665. The van der Waals surface area contributed by atoms with E-state index in [1.54, 1.807) is 0 Å². The van der Waals surface area contributed by atoms with E-state index in [1.807, 2.05) is 37.4 Å². The number of ether oxygens (including phenoxy) is 1. The van der Waals surface area contributed by atoms with Crippen LogP contribution in [0.5, 0.6) is 5.88 Å². The molecule has 0 N–H and O–H groups in total. The van der Waals surface area contributed by atoms with Crippen LogP contribution in [0.3, 0.4) is 0 Å². The third-order valence-corrected chi connectivity index (χ3v) is 2.84. The minimum absolute atomic E-state index is 0.665. The minimum Gasteiger partial charge on any atom is -0.443 e. The lowest BCUT2D eigenvalue weighted by molar-refractivity contribution is 0.387. The number of pyridine rings is 1. The summed E-state index contributed by atoms with van der Waals surface area (Å²) < 4.78 is 6.86. The molecule has 2 rings (SSSR count). The molecule has 0 amide bonds. The molecule has 15 heavy (non-hydrogen) atoms. The van der Waals surface area contributed by atoms with Crippen molar-refractivity contribution in [3.8, 4) is 5.88 Å². The average molecular weight is 266 g/mol. The van der Waals surface area contributed by atoms with Crippen LogP contribution in [0.15, 0.2) is 40.7 Å². The van der Waals surface area contributed by atoms with Gasteiger partial charge in [-0.3, -0.25) is 0 Å². The monoisotopic (exact) mass is 265 g/mol. The molecule has 1 aromatic rings. The third-order valence-electron chi connectivity index (χ3n) is 2.18. The van der Waals surface area contributed by atoms with Crippen LogP contribution in [0.4, 0.5) is 0 Å². The van der Waals surface area contributed by atoms with Crippen LogP contribution in [0.25, 0.3) is 0 Å². The molecule has 3 heteroatoms. The zero-order valence-corrected chi connectivity index (χ0v) is 10.1. The van der Waals surface area contributed by atoms with Gasteiger partial charge in [-0.15, -0.1) is 0 Å². The molecule has 1 aliphatic carbocycles. The molecule has 1 aromatic heterocycles. The average Bonchev–Trinajstić information content (AvgIpc) is 2.25. The van der Waals surface area contributed by atoms with Gasteiger partial charge < -0.3 is 4.74 Å². The largest absolute Gasteiger partial charge is 0.443 e. The van der Waals surface area contributed by atoms with Gasteiger partial charge in [0.25, 0.3) is 0 Å². The first-order valence-electron chi connectivity index (χ1n) is 4.90. The number of aromatic nitrogens is 1.